The van der Waals surface area contributed by atoms with E-state index >= 15 is 0 Å². The molecule has 208 valence electrons. The van der Waals surface area contributed by atoms with Gasteiger partial charge in [0.15, 0.2) is 0 Å². The maximum absolute atomic E-state index is 13.3. The number of benzene rings is 3. The van der Waals surface area contributed by atoms with Gasteiger partial charge in [0.1, 0.15) is 5.82 Å². The zero-order valence-electron chi connectivity index (χ0n) is 22.8. The second kappa shape index (κ2) is 11.9. The largest absolute Gasteiger partial charge is 0.356 e. The molecule has 0 fully saturated rings. The van der Waals surface area contributed by atoms with Crippen molar-refractivity contribution in [2.45, 2.75) is 33.1 Å². The maximum Gasteiger partial charge on any atom is 0.270 e. The highest BCUT2D eigenvalue weighted by molar-refractivity contribution is 6.37. The van der Waals surface area contributed by atoms with Gasteiger partial charge in [-0.25, -0.2) is 4.98 Å². The molecule has 1 aliphatic heterocycles. The number of aromatic nitrogens is 2. The normalized spacial score (nSPS) is 13.4. The topological polar surface area (TPSA) is 142 Å². The molecule has 5 rings (SSSR count). The molecule has 0 saturated carbocycles. The first kappa shape index (κ1) is 27.3. The van der Waals surface area contributed by atoms with E-state index in [1.54, 1.807) is 6.07 Å². The lowest BCUT2D eigenvalue weighted by Crippen LogP contribution is -2.21. The van der Waals surface area contributed by atoms with Gasteiger partial charge < -0.3 is 20.9 Å². The number of fused-ring (bicyclic) bond motifs is 1. The van der Waals surface area contributed by atoms with Crippen LogP contribution in [0.15, 0.2) is 72.9 Å². The van der Waals surface area contributed by atoms with Crippen molar-refractivity contribution in [2.75, 3.05) is 17.2 Å². The summed E-state index contributed by atoms with van der Waals surface area (Å²) in [7, 11) is 0. The Morgan fingerprint density at radius 2 is 1.80 bits per heavy atom. The monoisotopic (exact) mass is 550 g/mol. The van der Waals surface area contributed by atoms with Gasteiger partial charge in [-0.2, -0.15) is 0 Å². The highest BCUT2D eigenvalue weighted by Crippen LogP contribution is 2.39. The van der Waals surface area contributed by atoms with E-state index in [4.69, 9.17) is 0 Å². The molecule has 10 nitrogen and oxygen atoms in total. The number of hydrogen-bond donors (Lipinski definition) is 4. The van der Waals surface area contributed by atoms with Crippen LogP contribution in [0.5, 0.6) is 0 Å². The Hall–Kier alpha value is -5.25. The first-order valence-electron chi connectivity index (χ1n) is 13.4. The predicted molar refractivity (Wildman–Crippen MR) is 159 cm³/mol. The van der Waals surface area contributed by atoms with Gasteiger partial charge >= 0.3 is 0 Å². The summed E-state index contributed by atoms with van der Waals surface area (Å²) in [5.74, 6) is 0.511. The number of carbonyl (C=O) groups is 2. The number of carbonyl (C=O) groups excluding carboxylic acids is 2. The zero-order valence-corrected chi connectivity index (χ0v) is 22.8. The van der Waals surface area contributed by atoms with E-state index in [1.807, 2.05) is 61.7 Å². The van der Waals surface area contributed by atoms with Gasteiger partial charge in [0.05, 0.1) is 21.9 Å². The highest BCUT2D eigenvalue weighted by Gasteiger charge is 2.30. The number of amides is 2. The Morgan fingerprint density at radius 3 is 2.46 bits per heavy atom. The van der Waals surface area contributed by atoms with Gasteiger partial charge in [0.25, 0.3) is 11.6 Å². The molecule has 3 aromatic carbocycles. The zero-order chi connectivity index (χ0) is 28.9. The third kappa shape index (κ3) is 6.17. The third-order valence-corrected chi connectivity index (χ3v) is 6.88. The molecule has 1 aliphatic rings. The van der Waals surface area contributed by atoms with Gasteiger partial charge in [0.2, 0.25) is 5.91 Å². The van der Waals surface area contributed by atoms with Crippen molar-refractivity contribution < 1.29 is 14.5 Å². The van der Waals surface area contributed by atoms with Crippen molar-refractivity contribution in [1.29, 1.82) is 0 Å². The van der Waals surface area contributed by atoms with E-state index in [1.165, 1.54) is 19.1 Å². The number of aromatic amines is 1. The molecule has 0 unspecified atom stereocenters. The molecule has 2 heterocycles. The van der Waals surface area contributed by atoms with Crippen molar-refractivity contribution in [1.82, 2.24) is 15.3 Å². The third-order valence-electron chi connectivity index (χ3n) is 6.88. The van der Waals surface area contributed by atoms with Crippen LogP contribution < -0.4 is 16.0 Å². The van der Waals surface area contributed by atoms with Gasteiger partial charge in [-0.05, 0) is 42.2 Å². The lowest BCUT2D eigenvalue weighted by Gasteiger charge is -2.16. The van der Waals surface area contributed by atoms with Crippen molar-refractivity contribution in [3.05, 3.63) is 106 Å². The summed E-state index contributed by atoms with van der Waals surface area (Å²) >= 11 is 0. The summed E-state index contributed by atoms with van der Waals surface area (Å²) in [6.45, 7) is 4.13. The van der Waals surface area contributed by atoms with Crippen LogP contribution >= 0.6 is 0 Å². The van der Waals surface area contributed by atoms with E-state index in [9.17, 15) is 19.7 Å². The molecule has 10 heteroatoms. The summed E-state index contributed by atoms with van der Waals surface area (Å²) in [4.78, 5) is 43.2. The number of nitro groups is 1. The minimum Gasteiger partial charge on any atom is -0.356 e. The molecule has 4 N–H and O–H groups in total. The highest BCUT2D eigenvalue weighted by atomic mass is 16.6. The van der Waals surface area contributed by atoms with Crippen LogP contribution in [0.25, 0.3) is 22.5 Å². The number of aryl methyl sites for hydroxylation is 2. The van der Waals surface area contributed by atoms with E-state index in [0.717, 1.165) is 53.2 Å². The average Bonchev–Trinajstić information content (AvgIpc) is 3.58. The fourth-order valence-electron chi connectivity index (χ4n) is 4.75. The second-order valence-corrected chi connectivity index (χ2v) is 9.76. The maximum atomic E-state index is 13.3. The Bertz CT molecular complexity index is 1640. The van der Waals surface area contributed by atoms with Crippen molar-refractivity contribution >= 4 is 40.1 Å². The minimum absolute atomic E-state index is 0.0545. The van der Waals surface area contributed by atoms with Crippen LogP contribution in [-0.2, 0) is 22.4 Å². The molecule has 1 aromatic heterocycles. The SMILES string of the molecule is CCc1nc(-c2ccc(N/C(=C3\C(=O)Nc4ccc([N+](=O)[O-])cc43)c3ccc(CCCNC(C)=O)cc3)cc2)c[nH]1. The number of rotatable bonds is 10. The molecule has 2 amide bonds. The quantitative estimate of drug-likeness (QED) is 0.0883. The number of hydrogen-bond acceptors (Lipinski definition) is 6. The fourth-order valence-corrected chi connectivity index (χ4v) is 4.75. The number of nitrogens with one attached hydrogen (secondary N) is 4. The molecule has 0 saturated heterocycles. The summed E-state index contributed by atoms with van der Waals surface area (Å²) < 4.78 is 0. The summed E-state index contributed by atoms with van der Waals surface area (Å²) in [5.41, 5.74) is 6.13. The van der Waals surface area contributed by atoms with Crippen molar-refractivity contribution in [3.8, 4) is 11.3 Å². The molecule has 4 aromatic rings. The number of H-pyrrole nitrogens is 1. The number of anilines is 2. The first-order chi connectivity index (χ1) is 19.8. The van der Waals surface area contributed by atoms with Crippen LogP contribution in [0.1, 0.15) is 42.8 Å². The lowest BCUT2D eigenvalue weighted by atomic mass is 9.98. The number of nitrogens with zero attached hydrogens (tertiary/aromatic N) is 2. The molecule has 0 atom stereocenters. The standard InChI is InChI=1S/C31H30N6O4/c1-3-28-33-18-27(35-28)21-10-12-23(13-11-21)34-30(22-8-6-20(7-9-22)5-4-16-32-19(2)38)29-25-17-24(37(40)41)14-15-26(25)36-31(29)39/h6-15,17-18,34H,3-5,16H2,1-2H3,(H,32,38)(H,33,35)(H,36,39)/b30-29-. The van der Waals surface area contributed by atoms with E-state index in [-0.39, 0.29) is 17.5 Å². The average molecular weight is 551 g/mol. The fraction of sp³-hybridized carbons (Fsp3) is 0.194. The second-order valence-electron chi connectivity index (χ2n) is 9.76. The molecule has 0 radical (unpaired) electrons. The Kier molecular flexibility index (Phi) is 7.91. The number of nitro benzene ring substituents is 1. The van der Waals surface area contributed by atoms with Crippen LogP contribution in [-0.4, -0.2) is 33.3 Å². The van der Waals surface area contributed by atoms with Gasteiger partial charge in [-0.15, -0.1) is 0 Å². The van der Waals surface area contributed by atoms with Crippen molar-refractivity contribution in [2.24, 2.45) is 0 Å². The van der Waals surface area contributed by atoms with Gasteiger partial charge in [-0.1, -0.05) is 43.3 Å². The molecular weight excluding hydrogens is 520 g/mol. The van der Waals surface area contributed by atoms with Gasteiger partial charge in [-0.3, -0.25) is 19.7 Å². The van der Waals surface area contributed by atoms with Crippen LogP contribution in [0, 0.1) is 10.1 Å². The van der Waals surface area contributed by atoms with E-state index in [0.29, 0.717) is 29.1 Å². The molecular formula is C31H30N6O4. The Balaban J connectivity index is 1.50. The lowest BCUT2D eigenvalue weighted by molar-refractivity contribution is -0.384. The Morgan fingerprint density at radius 1 is 1.05 bits per heavy atom. The smallest absolute Gasteiger partial charge is 0.270 e. The Labute approximate surface area is 237 Å². The van der Waals surface area contributed by atoms with Gasteiger partial charge in [0, 0.05) is 60.7 Å². The molecule has 0 bridgehead atoms. The summed E-state index contributed by atoms with van der Waals surface area (Å²) in [6, 6.07) is 19.9. The minimum atomic E-state index is -0.471. The van der Waals surface area contributed by atoms with E-state index in [2.05, 4.69) is 25.9 Å². The summed E-state index contributed by atoms with van der Waals surface area (Å²) in [6.07, 6.45) is 4.27. The van der Waals surface area contributed by atoms with Crippen LogP contribution in [0.4, 0.5) is 17.1 Å². The summed E-state index contributed by atoms with van der Waals surface area (Å²) in [5, 5.41) is 20.6. The molecule has 41 heavy (non-hydrogen) atoms. The van der Waals surface area contributed by atoms with Crippen LogP contribution in [0.3, 0.4) is 0 Å². The van der Waals surface area contributed by atoms with Crippen molar-refractivity contribution in [3.63, 3.8) is 0 Å². The van der Waals surface area contributed by atoms with Crippen LogP contribution in [0.2, 0.25) is 0 Å². The van der Waals surface area contributed by atoms with E-state index < -0.39 is 4.92 Å². The first-order valence-corrected chi connectivity index (χ1v) is 13.4. The predicted octanol–water partition coefficient (Wildman–Crippen LogP) is 5.55. The molecule has 0 aliphatic carbocycles. The molecule has 0 spiro atoms. The number of imidazole rings is 1. The number of non-ortho nitro benzene ring substituents is 1.